The summed E-state index contributed by atoms with van der Waals surface area (Å²) in [6, 6.07) is 26.4. The molecule has 0 N–H and O–H groups in total. The third kappa shape index (κ3) is 3.29. The summed E-state index contributed by atoms with van der Waals surface area (Å²) in [6.07, 6.45) is 0. The molecule has 0 amide bonds. The highest BCUT2D eigenvalue weighted by Gasteiger charge is 2.55. The fourth-order valence-electron chi connectivity index (χ4n) is 5.64. The molecule has 0 radical (unpaired) electrons. The summed E-state index contributed by atoms with van der Waals surface area (Å²) in [7, 11) is 0. The van der Waals surface area contributed by atoms with Crippen LogP contribution in [0.15, 0.2) is 112 Å². The van der Waals surface area contributed by atoms with E-state index >= 15 is 0 Å². The van der Waals surface area contributed by atoms with Gasteiger partial charge >= 0.3 is 0 Å². The molecule has 170 valence electrons. The molecule has 0 unspecified atom stereocenters. The standard InChI is InChI=1S/C28H22S6/c1-27(19-7-3-15(29)11-23(19)33-24-12-16(30)4-8-20(24)27)28(2)21-9-5-17(31)13-25(21)34-26-14-18(32)6-10-22(26)28/h3-14,29-32H,1-2H3. The predicted molar refractivity (Wildman–Crippen MR) is 156 cm³/mol. The quantitative estimate of drug-likeness (QED) is 0.175. The van der Waals surface area contributed by atoms with Gasteiger partial charge in [0.15, 0.2) is 0 Å². The van der Waals surface area contributed by atoms with Crippen LogP contribution in [-0.2, 0) is 10.8 Å². The van der Waals surface area contributed by atoms with E-state index in [2.05, 4.69) is 137 Å². The normalized spacial score (nSPS) is 16.8. The van der Waals surface area contributed by atoms with Gasteiger partial charge in [-0.25, -0.2) is 0 Å². The maximum absolute atomic E-state index is 4.68. The van der Waals surface area contributed by atoms with E-state index < -0.39 is 0 Å². The monoisotopic (exact) mass is 550 g/mol. The van der Waals surface area contributed by atoms with E-state index in [0.29, 0.717) is 0 Å². The molecule has 0 nitrogen and oxygen atoms in total. The molecule has 6 rings (SSSR count). The molecular formula is C28H22S6. The highest BCUT2D eigenvalue weighted by atomic mass is 32.2. The van der Waals surface area contributed by atoms with Crippen LogP contribution in [0.25, 0.3) is 0 Å². The van der Waals surface area contributed by atoms with Crippen LogP contribution in [0.1, 0.15) is 36.1 Å². The van der Waals surface area contributed by atoms with Crippen molar-refractivity contribution in [2.24, 2.45) is 0 Å². The fourth-order valence-corrected chi connectivity index (χ4v) is 9.55. The van der Waals surface area contributed by atoms with Crippen molar-refractivity contribution in [3.8, 4) is 0 Å². The summed E-state index contributed by atoms with van der Waals surface area (Å²) < 4.78 is 0. The molecule has 0 aliphatic carbocycles. The molecule has 0 saturated heterocycles. The summed E-state index contributed by atoms with van der Waals surface area (Å²) in [6.45, 7) is 4.82. The van der Waals surface area contributed by atoms with Crippen molar-refractivity contribution < 1.29 is 0 Å². The lowest BCUT2D eigenvalue weighted by Crippen LogP contribution is -2.49. The Kier molecular flexibility index (Phi) is 5.68. The van der Waals surface area contributed by atoms with Crippen LogP contribution in [0, 0.1) is 0 Å². The van der Waals surface area contributed by atoms with Crippen LogP contribution in [0.2, 0.25) is 0 Å². The van der Waals surface area contributed by atoms with Gasteiger partial charge in [-0.1, -0.05) is 61.6 Å². The third-order valence-electron chi connectivity index (χ3n) is 7.46. The zero-order valence-corrected chi connectivity index (χ0v) is 23.7. The summed E-state index contributed by atoms with van der Waals surface area (Å²) in [4.78, 5) is 8.90. The van der Waals surface area contributed by atoms with Gasteiger partial charge in [0.2, 0.25) is 0 Å². The van der Waals surface area contributed by atoms with Crippen LogP contribution in [0.4, 0.5) is 0 Å². The highest BCUT2D eigenvalue weighted by Crippen LogP contribution is 2.64. The van der Waals surface area contributed by atoms with Gasteiger partial charge in [-0.3, -0.25) is 0 Å². The largest absolute Gasteiger partial charge is 0.143 e. The van der Waals surface area contributed by atoms with Gasteiger partial charge in [0, 0.05) is 50.0 Å². The molecule has 2 heterocycles. The first kappa shape index (κ1) is 23.4. The first-order chi connectivity index (χ1) is 16.2. The number of hydrogen-bond donors (Lipinski definition) is 4. The molecule has 0 fully saturated rings. The van der Waals surface area contributed by atoms with Crippen LogP contribution < -0.4 is 0 Å². The maximum atomic E-state index is 4.68. The zero-order valence-electron chi connectivity index (χ0n) is 18.5. The Morgan fingerprint density at radius 2 is 0.676 bits per heavy atom. The minimum absolute atomic E-state index is 0.341. The molecular weight excluding hydrogens is 529 g/mol. The first-order valence-electron chi connectivity index (χ1n) is 10.9. The van der Waals surface area contributed by atoms with Crippen LogP contribution in [-0.4, -0.2) is 0 Å². The Morgan fingerprint density at radius 3 is 0.912 bits per heavy atom. The Balaban J connectivity index is 1.76. The Morgan fingerprint density at radius 1 is 0.441 bits per heavy atom. The Hall–Kier alpha value is -1.02. The van der Waals surface area contributed by atoms with E-state index in [4.69, 9.17) is 0 Å². The molecule has 2 aliphatic heterocycles. The van der Waals surface area contributed by atoms with E-state index in [1.54, 1.807) is 0 Å². The van der Waals surface area contributed by atoms with Gasteiger partial charge in [0.1, 0.15) is 0 Å². The Labute approximate surface area is 231 Å². The lowest BCUT2D eigenvalue weighted by atomic mass is 9.53. The highest BCUT2D eigenvalue weighted by molar-refractivity contribution is 8.00. The number of thiol groups is 4. The second-order valence-electron chi connectivity index (χ2n) is 9.18. The van der Waals surface area contributed by atoms with E-state index in [1.807, 2.05) is 23.5 Å². The first-order valence-corrected chi connectivity index (χ1v) is 14.3. The fraction of sp³-hybridized carbons (Fsp3) is 0.143. The Bertz CT molecular complexity index is 1270. The molecule has 4 aromatic rings. The maximum Gasteiger partial charge on any atom is 0.0332 e. The number of hydrogen-bond acceptors (Lipinski definition) is 6. The van der Waals surface area contributed by atoms with Crippen molar-refractivity contribution >= 4 is 74.0 Å². The van der Waals surface area contributed by atoms with Crippen molar-refractivity contribution in [1.82, 2.24) is 0 Å². The molecule has 2 aliphatic rings. The van der Waals surface area contributed by atoms with E-state index in [1.165, 1.54) is 41.8 Å². The van der Waals surface area contributed by atoms with Gasteiger partial charge in [0.25, 0.3) is 0 Å². The van der Waals surface area contributed by atoms with Crippen LogP contribution in [0.3, 0.4) is 0 Å². The molecule has 0 bridgehead atoms. The lowest BCUT2D eigenvalue weighted by molar-refractivity contribution is 0.335. The summed E-state index contributed by atoms with van der Waals surface area (Å²) >= 11 is 22.3. The van der Waals surface area contributed by atoms with E-state index in [0.717, 1.165) is 19.6 Å². The molecule has 0 aromatic heterocycles. The number of benzene rings is 4. The van der Waals surface area contributed by atoms with E-state index in [9.17, 15) is 0 Å². The average Bonchev–Trinajstić information content (AvgIpc) is 2.78. The van der Waals surface area contributed by atoms with E-state index in [-0.39, 0.29) is 10.8 Å². The van der Waals surface area contributed by atoms with Gasteiger partial charge < -0.3 is 0 Å². The van der Waals surface area contributed by atoms with Gasteiger partial charge in [-0.05, 0) is 70.8 Å². The predicted octanol–water partition coefficient (Wildman–Crippen LogP) is 9.08. The van der Waals surface area contributed by atoms with Crippen molar-refractivity contribution in [3.05, 3.63) is 95.1 Å². The summed E-state index contributed by atoms with van der Waals surface area (Å²) in [5.74, 6) is 0. The van der Waals surface area contributed by atoms with Gasteiger partial charge in [-0.15, -0.1) is 50.5 Å². The molecule has 34 heavy (non-hydrogen) atoms. The van der Waals surface area contributed by atoms with Gasteiger partial charge in [-0.2, -0.15) is 0 Å². The molecule has 0 saturated carbocycles. The smallest absolute Gasteiger partial charge is 0.0332 e. The van der Waals surface area contributed by atoms with Crippen molar-refractivity contribution in [2.45, 2.75) is 63.8 Å². The minimum Gasteiger partial charge on any atom is -0.143 e. The van der Waals surface area contributed by atoms with Crippen LogP contribution in [0.5, 0.6) is 0 Å². The zero-order chi connectivity index (χ0) is 23.8. The molecule has 4 aromatic carbocycles. The molecule has 0 atom stereocenters. The topological polar surface area (TPSA) is 0 Å². The summed E-state index contributed by atoms with van der Waals surface area (Å²) in [5.41, 5.74) is 4.62. The average molecular weight is 551 g/mol. The summed E-state index contributed by atoms with van der Waals surface area (Å²) in [5, 5.41) is 0. The number of fused-ring (bicyclic) bond motifs is 4. The van der Waals surface area contributed by atoms with Crippen LogP contribution >= 0.6 is 74.0 Å². The van der Waals surface area contributed by atoms with Crippen molar-refractivity contribution in [1.29, 1.82) is 0 Å². The second-order valence-corrected chi connectivity index (χ2v) is 13.4. The minimum atomic E-state index is -0.341. The lowest BCUT2D eigenvalue weighted by Gasteiger charge is -2.53. The van der Waals surface area contributed by atoms with Crippen molar-refractivity contribution in [2.75, 3.05) is 0 Å². The van der Waals surface area contributed by atoms with Gasteiger partial charge in [0.05, 0.1) is 0 Å². The molecule has 0 spiro atoms. The SMILES string of the molecule is CC1(C2(C)c3ccc(S)cc3Sc3cc(S)ccc32)c2ccc(S)cc2Sc2cc(S)ccc21. The molecule has 6 heteroatoms. The second kappa shape index (κ2) is 8.25. The third-order valence-corrected chi connectivity index (χ3v) is 10.8. The number of rotatable bonds is 1. The van der Waals surface area contributed by atoms with Crippen molar-refractivity contribution in [3.63, 3.8) is 0 Å².